The van der Waals surface area contributed by atoms with Gasteiger partial charge >= 0.3 is 0 Å². The van der Waals surface area contributed by atoms with E-state index >= 15 is 0 Å². The number of hydrogen-bond donors (Lipinski definition) is 0. The van der Waals surface area contributed by atoms with Crippen LogP contribution < -0.4 is 0 Å². The first-order valence-electron chi connectivity index (χ1n) is 7.98. The molecule has 0 bridgehead atoms. The predicted molar refractivity (Wildman–Crippen MR) is 93.9 cm³/mol. The van der Waals surface area contributed by atoms with Crippen LogP contribution in [0.1, 0.15) is 52.4 Å². The first-order chi connectivity index (χ1) is 10.8. The minimum absolute atomic E-state index is 0.0324. The number of carbonyl (C=O) groups is 1. The predicted octanol–water partition coefficient (Wildman–Crippen LogP) is 3.36. The van der Waals surface area contributed by atoms with E-state index in [0.717, 1.165) is 28.5 Å². The zero-order chi connectivity index (χ0) is 17.3. The molecule has 126 valence electrons. The summed E-state index contributed by atoms with van der Waals surface area (Å²) in [6.45, 7) is 12.5. The lowest BCUT2D eigenvalue weighted by atomic mass is 10.1. The molecule has 0 aliphatic heterocycles. The Morgan fingerprint density at radius 2 is 1.96 bits per heavy atom. The largest absolute Gasteiger partial charge is 0.336 e. The van der Waals surface area contributed by atoms with Crippen molar-refractivity contribution >= 4 is 17.2 Å². The number of hydrogen-bond acceptors (Lipinski definition) is 4. The van der Waals surface area contributed by atoms with Gasteiger partial charge in [-0.2, -0.15) is 5.10 Å². The van der Waals surface area contributed by atoms with Gasteiger partial charge in [0.1, 0.15) is 6.54 Å². The Balaban J connectivity index is 2.15. The molecule has 0 spiro atoms. The third-order valence-corrected chi connectivity index (χ3v) is 5.38. The summed E-state index contributed by atoms with van der Waals surface area (Å²) >= 11 is 1.67. The smallest absolute Gasteiger partial charge is 0.244 e. The summed E-state index contributed by atoms with van der Waals surface area (Å²) in [5, 5.41) is 5.55. The molecule has 23 heavy (non-hydrogen) atoms. The van der Waals surface area contributed by atoms with E-state index in [9.17, 15) is 4.79 Å². The summed E-state index contributed by atoms with van der Waals surface area (Å²) in [6, 6.07) is -0.0324. The number of aromatic nitrogens is 3. The summed E-state index contributed by atoms with van der Waals surface area (Å²) < 4.78 is 1.82. The number of amides is 1. The van der Waals surface area contributed by atoms with E-state index in [1.54, 1.807) is 16.2 Å². The van der Waals surface area contributed by atoms with E-state index < -0.39 is 0 Å². The summed E-state index contributed by atoms with van der Waals surface area (Å²) in [7, 11) is 1.84. The molecule has 0 aromatic carbocycles. The number of thiazole rings is 1. The van der Waals surface area contributed by atoms with Crippen molar-refractivity contribution in [1.29, 1.82) is 0 Å². The average molecular weight is 334 g/mol. The van der Waals surface area contributed by atoms with E-state index in [2.05, 4.69) is 23.9 Å². The molecule has 6 heteroatoms. The monoisotopic (exact) mass is 334 g/mol. The molecule has 1 amide bonds. The molecule has 5 nitrogen and oxygen atoms in total. The van der Waals surface area contributed by atoms with Crippen LogP contribution in [0.15, 0.2) is 0 Å². The molecule has 1 atom stereocenters. The number of aryl methyl sites for hydroxylation is 3. The van der Waals surface area contributed by atoms with Crippen molar-refractivity contribution in [3.63, 3.8) is 0 Å². The molecule has 0 unspecified atom stereocenters. The third-order valence-electron chi connectivity index (χ3n) is 4.48. The van der Waals surface area contributed by atoms with Crippen LogP contribution in [0.3, 0.4) is 0 Å². The molecule has 0 aliphatic carbocycles. The topological polar surface area (TPSA) is 51.0 Å². The van der Waals surface area contributed by atoms with Crippen LogP contribution in [-0.2, 0) is 17.8 Å². The van der Waals surface area contributed by atoms with Gasteiger partial charge in [0, 0.05) is 17.6 Å². The molecule has 0 saturated carbocycles. The Morgan fingerprint density at radius 1 is 1.30 bits per heavy atom. The van der Waals surface area contributed by atoms with Gasteiger partial charge in [0.05, 0.1) is 22.4 Å². The van der Waals surface area contributed by atoms with Gasteiger partial charge in [-0.3, -0.25) is 9.48 Å². The zero-order valence-electron chi connectivity index (χ0n) is 15.1. The van der Waals surface area contributed by atoms with Crippen LogP contribution in [-0.4, -0.2) is 32.6 Å². The Morgan fingerprint density at radius 3 is 2.43 bits per heavy atom. The number of rotatable bonds is 5. The van der Waals surface area contributed by atoms with Gasteiger partial charge in [0.25, 0.3) is 0 Å². The normalized spacial score (nSPS) is 12.5. The van der Waals surface area contributed by atoms with E-state index in [4.69, 9.17) is 0 Å². The van der Waals surface area contributed by atoms with Crippen molar-refractivity contribution < 1.29 is 4.79 Å². The average Bonchev–Trinajstić information content (AvgIpc) is 2.96. The van der Waals surface area contributed by atoms with Gasteiger partial charge in [0.15, 0.2) is 0 Å². The Hall–Kier alpha value is -1.69. The molecular formula is C17H26N4OS. The lowest BCUT2D eigenvalue weighted by Crippen LogP contribution is -2.33. The molecule has 0 fully saturated rings. The van der Waals surface area contributed by atoms with Crippen LogP contribution in [0.2, 0.25) is 0 Å². The fourth-order valence-electron chi connectivity index (χ4n) is 2.97. The van der Waals surface area contributed by atoms with Gasteiger partial charge in [0.2, 0.25) is 5.91 Å². The second-order valence-corrected chi connectivity index (χ2v) is 7.42. The molecule has 2 rings (SSSR count). The molecule has 0 N–H and O–H groups in total. The Labute approximate surface area is 142 Å². The van der Waals surface area contributed by atoms with Crippen molar-refractivity contribution in [3.05, 3.63) is 32.5 Å². The lowest BCUT2D eigenvalue weighted by Gasteiger charge is -2.24. The SMILES string of the molecule is CCc1c(C)nn(CC(=O)N(C)[C@@H](C)c2nc(C)sc2C)c1C. The van der Waals surface area contributed by atoms with Gasteiger partial charge < -0.3 is 4.90 Å². The molecule has 2 aromatic heterocycles. The summed E-state index contributed by atoms with van der Waals surface area (Å²) in [5.41, 5.74) is 4.32. The Kier molecular flexibility index (Phi) is 5.24. The van der Waals surface area contributed by atoms with Crippen LogP contribution >= 0.6 is 11.3 Å². The minimum atomic E-state index is -0.0324. The highest BCUT2D eigenvalue weighted by Crippen LogP contribution is 2.26. The third kappa shape index (κ3) is 3.47. The van der Waals surface area contributed by atoms with Crippen molar-refractivity contribution in [1.82, 2.24) is 19.7 Å². The van der Waals surface area contributed by atoms with Gasteiger partial charge in [-0.05, 0) is 46.6 Å². The summed E-state index contributed by atoms with van der Waals surface area (Å²) in [5.74, 6) is 0.0517. The van der Waals surface area contributed by atoms with Gasteiger partial charge in [-0.1, -0.05) is 6.92 Å². The number of nitrogens with zero attached hydrogens (tertiary/aromatic N) is 4. The first kappa shape index (κ1) is 17.7. The van der Waals surface area contributed by atoms with E-state index in [0.29, 0.717) is 0 Å². The zero-order valence-corrected chi connectivity index (χ0v) is 15.9. The maximum atomic E-state index is 12.6. The quantitative estimate of drug-likeness (QED) is 0.842. The standard InChI is InChI=1S/C17H26N4OS/c1-8-15-10(2)19-21(11(15)3)9-16(22)20(7)12(4)17-13(5)23-14(6)18-17/h12H,8-9H2,1-7H3/t12-/m0/s1. The highest BCUT2D eigenvalue weighted by molar-refractivity contribution is 7.11. The number of likely N-dealkylation sites (N-methyl/N-ethyl adjacent to an activating group) is 1. The first-order valence-corrected chi connectivity index (χ1v) is 8.80. The van der Waals surface area contributed by atoms with E-state index in [-0.39, 0.29) is 18.5 Å². The van der Waals surface area contributed by atoms with Crippen molar-refractivity contribution in [3.8, 4) is 0 Å². The molecular weight excluding hydrogens is 308 g/mol. The van der Waals surface area contributed by atoms with E-state index in [1.165, 1.54) is 10.4 Å². The second kappa shape index (κ2) is 6.83. The highest BCUT2D eigenvalue weighted by atomic mass is 32.1. The molecule has 0 aliphatic rings. The summed E-state index contributed by atoms with van der Waals surface area (Å²) in [6.07, 6.45) is 0.940. The highest BCUT2D eigenvalue weighted by Gasteiger charge is 2.23. The second-order valence-electron chi connectivity index (χ2n) is 6.02. The minimum Gasteiger partial charge on any atom is -0.336 e. The number of carbonyl (C=O) groups excluding carboxylic acids is 1. The van der Waals surface area contributed by atoms with Crippen LogP contribution in [0.25, 0.3) is 0 Å². The van der Waals surface area contributed by atoms with Crippen molar-refractivity contribution in [2.24, 2.45) is 0 Å². The van der Waals surface area contributed by atoms with Crippen LogP contribution in [0.4, 0.5) is 0 Å². The summed E-state index contributed by atoms with van der Waals surface area (Å²) in [4.78, 5) is 20.2. The van der Waals surface area contributed by atoms with Crippen LogP contribution in [0, 0.1) is 27.7 Å². The van der Waals surface area contributed by atoms with Crippen molar-refractivity contribution in [2.75, 3.05) is 7.05 Å². The maximum absolute atomic E-state index is 12.6. The fraction of sp³-hybridized carbons (Fsp3) is 0.588. The van der Waals surface area contributed by atoms with Crippen LogP contribution in [0.5, 0.6) is 0 Å². The molecule has 2 aromatic rings. The fourth-order valence-corrected chi connectivity index (χ4v) is 3.88. The molecule has 0 saturated heterocycles. The lowest BCUT2D eigenvalue weighted by molar-refractivity contribution is -0.132. The van der Waals surface area contributed by atoms with Gasteiger partial charge in [-0.25, -0.2) is 4.98 Å². The molecule has 0 radical (unpaired) electrons. The van der Waals surface area contributed by atoms with Gasteiger partial charge in [-0.15, -0.1) is 11.3 Å². The maximum Gasteiger partial charge on any atom is 0.244 e. The van der Waals surface area contributed by atoms with Crippen molar-refractivity contribution in [2.45, 2.75) is 60.5 Å². The van der Waals surface area contributed by atoms with E-state index in [1.807, 2.05) is 39.4 Å². The Bertz CT molecular complexity index is 716. The molecule has 2 heterocycles.